The number of hydrogen-bond donors (Lipinski definition) is 0. The normalized spacial score (nSPS) is 27.1. The molecule has 0 radical (unpaired) electrons. The van der Waals surface area contributed by atoms with E-state index in [2.05, 4.69) is 51.4 Å². The molecule has 2 fully saturated rings. The Bertz CT molecular complexity index is 409. The molecular formula is C22H39NO. The van der Waals surface area contributed by atoms with Crippen LogP contribution in [0.15, 0.2) is 0 Å². The van der Waals surface area contributed by atoms with Crippen LogP contribution in [0.2, 0.25) is 0 Å². The van der Waals surface area contributed by atoms with Gasteiger partial charge in [0.25, 0.3) is 0 Å². The van der Waals surface area contributed by atoms with Crippen molar-refractivity contribution < 1.29 is 4.74 Å². The van der Waals surface area contributed by atoms with Crippen LogP contribution in [0.4, 0.5) is 0 Å². The highest BCUT2D eigenvalue weighted by Crippen LogP contribution is 2.34. The molecule has 2 heteroatoms. The highest BCUT2D eigenvalue weighted by atomic mass is 16.5. The summed E-state index contributed by atoms with van der Waals surface area (Å²) in [6.07, 6.45) is 8.58. The molecule has 1 heterocycles. The van der Waals surface area contributed by atoms with Crippen molar-refractivity contribution in [3.05, 3.63) is 0 Å². The first kappa shape index (κ1) is 19.8. The van der Waals surface area contributed by atoms with Crippen LogP contribution >= 0.6 is 0 Å². The van der Waals surface area contributed by atoms with Gasteiger partial charge in [0.15, 0.2) is 0 Å². The zero-order valence-corrected chi connectivity index (χ0v) is 16.7. The average molecular weight is 334 g/mol. The first-order chi connectivity index (χ1) is 11.3. The summed E-state index contributed by atoms with van der Waals surface area (Å²) in [5, 5.41) is 0. The van der Waals surface area contributed by atoms with Gasteiger partial charge in [-0.15, -0.1) is 0 Å². The van der Waals surface area contributed by atoms with Crippen molar-refractivity contribution in [3.63, 3.8) is 0 Å². The van der Waals surface area contributed by atoms with E-state index in [4.69, 9.17) is 4.74 Å². The van der Waals surface area contributed by atoms with Crippen LogP contribution in [-0.4, -0.2) is 37.2 Å². The molecule has 0 aromatic carbocycles. The molecule has 1 saturated heterocycles. The Balaban J connectivity index is 1.60. The molecule has 2 nitrogen and oxygen atoms in total. The Morgan fingerprint density at radius 2 is 1.62 bits per heavy atom. The van der Waals surface area contributed by atoms with E-state index in [0.717, 1.165) is 17.8 Å². The van der Waals surface area contributed by atoms with Crippen LogP contribution in [0.5, 0.6) is 0 Å². The quantitative estimate of drug-likeness (QED) is 0.658. The predicted octanol–water partition coefficient (Wildman–Crippen LogP) is 4.98. The molecule has 24 heavy (non-hydrogen) atoms. The molecule has 1 saturated carbocycles. The van der Waals surface area contributed by atoms with Gasteiger partial charge in [0.2, 0.25) is 0 Å². The standard InChI is InChI=1S/C22H39NO/c1-18(2)20-9-7-19(8-10-20)17-23-14-11-21(12-15-23)24-16-6-13-22(3,4)5/h18-21H,7-12,14-17H2,1-5H3. The predicted molar refractivity (Wildman–Crippen MR) is 103 cm³/mol. The van der Waals surface area contributed by atoms with E-state index < -0.39 is 0 Å². The molecule has 0 aromatic heterocycles. The summed E-state index contributed by atoms with van der Waals surface area (Å²) < 4.78 is 5.96. The number of hydrogen-bond acceptors (Lipinski definition) is 2. The van der Waals surface area contributed by atoms with Crippen LogP contribution in [0.3, 0.4) is 0 Å². The summed E-state index contributed by atoms with van der Waals surface area (Å²) in [5.41, 5.74) is 0.0846. The molecule has 0 bridgehead atoms. The maximum Gasteiger partial charge on any atom is 0.108 e. The van der Waals surface area contributed by atoms with Gasteiger partial charge in [-0.05, 0) is 77.0 Å². The van der Waals surface area contributed by atoms with Crippen LogP contribution in [0.25, 0.3) is 0 Å². The summed E-state index contributed by atoms with van der Waals surface area (Å²) in [7, 11) is 0. The highest BCUT2D eigenvalue weighted by Gasteiger charge is 2.26. The van der Waals surface area contributed by atoms with Crippen LogP contribution in [0.1, 0.15) is 73.1 Å². The molecule has 0 N–H and O–H groups in total. The van der Waals surface area contributed by atoms with Gasteiger partial charge in [0.05, 0.1) is 6.10 Å². The molecule has 0 aromatic rings. The molecule has 1 aliphatic carbocycles. The van der Waals surface area contributed by atoms with E-state index in [-0.39, 0.29) is 5.41 Å². The van der Waals surface area contributed by atoms with Gasteiger partial charge in [-0.2, -0.15) is 0 Å². The Labute approximate surface area is 150 Å². The maximum absolute atomic E-state index is 5.96. The fraction of sp³-hybridized carbons (Fsp3) is 0.909. The second-order valence-electron chi connectivity index (χ2n) is 9.39. The second-order valence-corrected chi connectivity index (χ2v) is 9.39. The van der Waals surface area contributed by atoms with Crippen LogP contribution in [-0.2, 0) is 4.74 Å². The van der Waals surface area contributed by atoms with Crippen molar-refractivity contribution in [3.8, 4) is 11.8 Å². The van der Waals surface area contributed by atoms with Gasteiger partial charge in [-0.1, -0.05) is 25.7 Å². The lowest BCUT2D eigenvalue weighted by atomic mass is 9.77. The van der Waals surface area contributed by atoms with Crippen molar-refractivity contribution in [2.75, 3.05) is 26.2 Å². The van der Waals surface area contributed by atoms with E-state index >= 15 is 0 Å². The molecule has 0 spiro atoms. The Kier molecular flexibility index (Phi) is 7.63. The third kappa shape index (κ3) is 7.16. The van der Waals surface area contributed by atoms with E-state index in [1.165, 1.54) is 58.2 Å². The highest BCUT2D eigenvalue weighted by molar-refractivity contribution is 5.07. The summed E-state index contributed by atoms with van der Waals surface area (Å²) >= 11 is 0. The first-order valence-corrected chi connectivity index (χ1v) is 10.2. The third-order valence-electron chi connectivity index (χ3n) is 5.74. The smallest absolute Gasteiger partial charge is 0.108 e. The summed E-state index contributed by atoms with van der Waals surface area (Å²) in [4.78, 5) is 2.68. The number of ether oxygens (including phenoxy) is 1. The van der Waals surface area contributed by atoms with E-state index in [9.17, 15) is 0 Å². The summed E-state index contributed by atoms with van der Waals surface area (Å²) in [5.74, 6) is 9.22. The van der Waals surface area contributed by atoms with Crippen molar-refractivity contribution in [2.45, 2.75) is 79.2 Å². The fourth-order valence-corrected chi connectivity index (χ4v) is 4.12. The van der Waals surface area contributed by atoms with Gasteiger partial charge in [0, 0.05) is 25.0 Å². The van der Waals surface area contributed by atoms with Gasteiger partial charge >= 0.3 is 0 Å². The molecule has 2 aliphatic rings. The molecule has 0 atom stereocenters. The summed E-state index contributed by atoms with van der Waals surface area (Å²) in [6, 6.07) is 0. The van der Waals surface area contributed by atoms with Crippen molar-refractivity contribution in [2.24, 2.45) is 23.2 Å². The lowest BCUT2D eigenvalue weighted by Gasteiger charge is -2.37. The Morgan fingerprint density at radius 3 is 2.17 bits per heavy atom. The fourth-order valence-electron chi connectivity index (χ4n) is 4.12. The van der Waals surface area contributed by atoms with Crippen molar-refractivity contribution >= 4 is 0 Å². The van der Waals surface area contributed by atoms with Gasteiger partial charge in [-0.3, -0.25) is 0 Å². The lowest BCUT2D eigenvalue weighted by Crippen LogP contribution is -2.40. The Morgan fingerprint density at radius 1 is 1.00 bits per heavy atom. The zero-order chi connectivity index (χ0) is 17.6. The third-order valence-corrected chi connectivity index (χ3v) is 5.74. The average Bonchev–Trinajstić information content (AvgIpc) is 2.53. The largest absolute Gasteiger partial charge is 0.365 e. The molecular weight excluding hydrogens is 294 g/mol. The SMILES string of the molecule is CC(C)C1CCC(CN2CCC(OCC#CC(C)(C)C)CC2)CC1. The molecule has 138 valence electrons. The van der Waals surface area contributed by atoms with Crippen LogP contribution in [0, 0.1) is 35.0 Å². The molecule has 1 aliphatic heterocycles. The minimum absolute atomic E-state index is 0.0846. The van der Waals surface area contributed by atoms with Crippen molar-refractivity contribution in [1.29, 1.82) is 0 Å². The first-order valence-electron chi connectivity index (χ1n) is 10.2. The van der Waals surface area contributed by atoms with E-state index in [1.54, 1.807) is 0 Å². The molecule has 2 rings (SSSR count). The number of rotatable bonds is 5. The molecule has 0 amide bonds. The van der Waals surface area contributed by atoms with Crippen LogP contribution < -0.4 is 0 Å². The molecule has 0 unspecified atom stereocenters. The lowest BCUT2D eigenvalue weighted by molar-refractivity contribution is 0.0181. The topological polar surface area (TPSA) is 12.5 Å². The van der Waals surface area contributed by atoms with Gasteiger partial charge in [0.1, 0.15) is 6.61 Å². The van der Waals surface area contributed by atoms with Crippen molar-refractivity contribution in [1.82, 2.24) is 4.90 Å². The number of likely N-dealkylation sites (tertiary alicyclic amines) is 1. The number of piperidine rings is 1. The van der Waals surface area contributed by atoms with Gasteiger partial charge < -0.3 is 9.64 Å². The minimum atomic E-state index is 0.0846. The summed E-state index contributed by atoms with van der Waals surface area (Å²) in [6.45, 7) is 15.6. The minimum Gasteiger partial charge on any atom is -0.365 e. The monoisotopic (exact) mass is 333 g/mol. The number of nitrogens with zero attached hydrogens (tertiary/aromatic N) is 1. The zero-order valence-electron chi connectivity index (χ0n) is 16.7. The van der Waals surface area contributed by atoms with E-state index in [1.807, 2.05) is 0 Å². The second kappa shape index (κ2) is 9.25. The van der Waals surface area contributed by atoms with Gasteiger partial charge in [-0.25, -0.2) is 0 Å². The maximum atomic E-state index is 5.96. The van der Waals surface area contributed by atoms with E-state index in [0.29, 0.717) is 12.7 Å². The Hall–Kier alpha value is -0.520.